The summed E-state index contributed by atoms with van der Waals surface area (Å²) < 4.78 is 58.8. The molecule has 0 spiro atoms. The van der Waals surface area contributed by atoms with Crippen LogP contribution in [0, 0.1) is 0 Å². The molecule has 0 aliphatic rings. The first kappa shape index (κ1) is 11.3. The van der Waals surface area contributed by atoms with Gasteiger partial charge in [-0.15, -0.1) is 0 Å². The molecule has 0 aliphatic heterocycles. The van der Waals surface area contributed by atoms with Gasteiger partial charge in [0.2, 0.25) is 0 Å². The second-order valence-corrected chi connectivity index (χ2v) is 3.41. The Labute approximate surface area is 68.0 Å². The molecule has 0 fully saturated rings. The smallest absolute Gasteiger partial charge is 0.381 e. The van der Waals surface area contributed by atoms with Crippen molar-refractivity contribution in [3.63, 3.8) is 0 Å². The van der Waals surface area contributed by atoms with Gasteiger partial charge in [-0.3, -0.25) is 0 Å². The molecule has 0 saturated heterocycles. The van der Waals surface area contributed by atoms with Crippen molar-refractivity contribution in [2.75, 3.05) is 0 Å². The van der Waals surface area contributed by atoms with Crippen LogP contribution in [0.4, 0.5) is 13.2 Å². The summed E-state index contributed by atoms with van der Waals surface area (Å²) in [5.41, 5.74) is -5.38. The third-order valence-corrected chi connectivity index (χ3v) is 1.93. The lowest BCUT2D eigenvalue weighted by molar-refractivity contribution is -0.0522. The van der Waals surface area contributed by atoms with E-state index in [9.17, 15) is 21.6 Å². The number of hydrogen-bond donors (Lipinski definition) is 0. The molecular formula is C5H7F3O3S. The van der Waals surface area contributed by atoms with E-state index in [4.69, 9.17) is 0 Å². The van der Waals surface area contributed by atoms with Gasteiger partial charge in [0.05, 0.1) is 0 Å². The summed E-state index contributed by atoms with van der Waals surface area (Å²) in [5.74, 6) is -0.438. The molecule has 0 atom stereocenters. The molecule has 0 saturated carbocycles. The fraction of sp³-hybridized carbons (Fsp3) is 0.600. The molecule has 0 heterocycles. The van der Waals surface area contributed by atoms with Gasteiger partial charge in [-0.25, -0.2) is 0 Å². The SMILES string of the molecule is C=C(CC)OS(=O)(=O)C(F)(F)F. The first-order valence-electron chi connectivity index (χ1n) is 2.89. The van der Waals surface area contributed by atoms with E-state index in [1.807, 2.05) is 0 Å². The third kappa shape index (κ3) is 2.72. The Morgan fingerprint density at radius 1 is 1.50 bits per heavy atom. The highest BCUT2D eigenvalue weighted by molar-refractivity contribution is 7.87. The van der Waals surface area contributed by atoms with Crippen molar-refractivity contribution < 1.29 is 25.8 Å². The minimum atomic E-state index is -5.51. The predicted octanol–water partition coefficient (Wildman–Crippen LogP) is 1.78. The minimum Gasteiger partial charge on any atom is -0.381 e. The summed E-state index contributed by atoms with van der Waals surface area (Å²) in [6, 6.07) is 0. The Kier molecular flexibility index (Phi) is 3.14. The molecule has 0 aromatic heterocycles. The van der Waals surface area contributed by atoms with Gasteiger partial charge in [-0.05, 0) is 0 Å². The molecule has 0 amide bonds. The van der Waals surface area contributed by atoms with Gasteiger partial charge >= 0.3 is 15.6 Å². The van der Waals surface area contributed by atoms with Crippen molar-refractivity contribution in [1.29, 1.82) is 0 Å². The van der Waals surface area contributed by atoms with E-state index >= 15 is 0 Å². The van der Waals surface area contributed by atoms with Crippen molar-refractivity contribution in [3.8, 4) is 0 Å². The zero-order valence-electron chi connectivity index (χ0n) is 6.18. The fourth-order valence-electron chi connectivity index (χ4n) is 0.261. The van der Waals surface area contributed by atoms with Crippen molar-refractivity contribution in [3.05, 3.63) is 12.3 Å². The molecule has 0 aromatic carbocycles. The molecule has 0 N–H and O–H groups in total. The molecule has 72 valence electrons. The van der Waals surface area contributed by atoms with Crippen LogP contribution in [0.25, 0.3) is 0 Å². The van der Waals surface area contributed by atoms with Crippen LogP contribution in [0.15, 0.2) is 12.3 Å². The highest BCUT2D eigenvalue weighted by atomic mass is 32.2. The van der Waals surface area contributed by atoms with Gasteiger partial charge in [-0.2, -0.15) is 21.6 Å². The topological polar surface area (TPSA) is 43.4 Å². The normalized spacial score (nSPS) is 12.7. The highest BCUT2D eigenvalue weighted by Gasteiger charge is 2.48. The highest BCUT2D eigenvalue weighted by Crippen LogP contribution is 2.26. The second kappa shape index (κ2) is 3.34. The van der Waals surface area contributed by atoms with E-state index in [1.165, 1.54) is 6.92 Å². The quantitative estimate of drug-likeness (QED) is 0.400. The van der Waals surface area contributed by atoms with Gasteiger partial charge in [-0.1, -0.05) is 13.5 Å². The predicted molar refractivity (Wildman–Crippen MR) is 35.5 cm³/mol. The lowest BCUT2D eigenvalue weighted by Gasteiger charge is -2.09. The summed E-state index contributed by atoms with van der Waals surface area (Å²) in [6.45, 7) is 4.40. The summed E-state index contributed by atoms with van der Waals surface area (Å²) >= 11 is 0. The molecule has 0 aromatic rings. The molecule has 3 nitrogen and oxygen atoms in total. The Morgan fingerprint density at radius 2 is 1.92 bits per heavy atom. The average Bonchev–Trinajstić information content (AvgIpc) is 1.84. The van der Waals surface area contributed by atoms with Crippen LogP contribution in [0.3, 0.4) is 0 Å². The lowest BCUT2D eigenvalue weighted by atomic mass is 10.4. The number of hydrogen-bond acceptors (Lipinski definition) is 3. The Hall–Kier alpha value is -0.720. The maximum absolute atomic E-state index is 11.6. The lowest BCUT2D eigenvalue weighted by Crippen LogP contribution is -2.25. The largest absolute Gasteiger partial charge is 0.534 e. The van der Waals surface area contributed by atoms with E-state index in [1.54, 1.807) is 0 Å². The monoisotopic (exact) mass is 204 g/mol. The second-order valence-electron chi connectivity index (χ2n) is 1.88. The molecule has 12 heavy (non-hydrogen) atoms. The van der Waals surface area contributed by atoms with Crippen LogP contribution in [0.2, 0.25) is 0 Å². The molecule has 0 unspecified atom stereocenters. The third-order valence-electron chi connectivity index (χ3n) is 0.905. The van der Waals surface area contributed by atoms with Gasteiger partial charge in [0.25, 0.3) is 0 Å². The Bertz CT molecular complexity index is 264. The summed E-state index contributed by atoms with van der Waals surface area (Å²) in [5, 5.41) is 0. The van der Waals surface area contributed by atoms with Crippen molar-refractivity contribution in [1.82, 2.24) is 0 Å². The average molecular weight is 204 g/mol. The maximum atomic E-state index is 11.6. The van der Waals surface area contributed by atoms with Crippen molar-refractivity contribution in [2.45, 2.75) is 18.9 Å². The summed E-state index contributed by atoms with van der Waals surface area (Å²) in [4.78, 5) is 0. The first-order valence-corrected chi connectivity index (χ1v) is 4.30. The van der Waals surface area contributed by atoms with Gasteiger partial charge in [0.1, 0.15) is 5.76 Å². The number of halogens is 3. The number of rotatable bonds is 3. The van der Waals surface area contributed by atoms with Gasteiger partial charge in [0, 0.05) is 6.42 Å². The maximum Gasteiger partial charge on any atom is 0.534 e. The van der Waals surface area contributed by atoms with E-state index in [-0.39, 0.29) is 6.42 Å². The van der Waals surface area contributed by atoms with E-state index in [0.29, 0.717) is 0 Å². The van der Waals surface area contributed by atoms with Crippen molar-refractivity contribution >= 4 is 10.1 Å². The zero-order valence-corrected chi connectivity index (χ0v) is 7.00. The van der Waals surface area contributed by atoms with E-state index in [0.717, 1.165) is 0 Å². The molecule has 0 radical (unpaired) electrons. The molecular weight excluding hydrogens is 197 g/mol. The summed E-state index contributed by atoms with van der Waals surface area (Å²) in [7, 11) is -5.51. The van der Waals surface area contributed by atoms with Crippen LogP contribution in [0.1, 0.15) is 13.3 Å². The van der Waals surface area contributed by atoms with Crippen LogP contribution in [0.5, 0.6) is 0 Å². The fourth-order valence-corrected chi connectivity index (χ4v) is 0.784. The number of allylic oxidation sites excluding steroid dienone is 1. The van der Waals surface area contributed by atoms with E-state index < -0.39 is 21.4 Å². The van der Waals surface area contributed by atoms with E-state index in [2.05, 4.69) is 10.8 Å². The van der Waals surface area contributed by atoms with Crippen LogP contribution in [-0.2, 0) is 14.3 Å². The first-order chi connectivity index (χ1) is 5.20. The molecule has 7 heteroatoms. The van der Waals surface area contributed by atoms with Crippen LogP contribution >= 0.6 is 0 Å². The van der Waals surface area contributed by atoms with Crippen molar-refractivity contribution in [2.24, 2.45) is 0 Å². The Morgan fingerprint density at radius 3 is 2.17 bits per heavy atom. The number of alkyl halides is 3. The van der Waals surface area contributed by atoms with Crippen LogP contribution in [-0.4, -0.2) is 13.9 Å². The molecule has 0 aliphatic carbocycles. The Balaban J connectivity index is 4.58. The molecule has 0 rings (SSSR count). The zero-order chi connectivity index (χ0) is 9.99. The summed E-state index contributed by atoms with van der Waals surface area (Å²) in [6.07, 6.45) is 0.00924. The van der Waals surface area contributed by atoms with Crippen LogP contribution < -0.4 is 0 Å². The van der Waals surface area contributed by atoms with Gasteiger partial charge < -0.3 is 4.18 Å². The molecule has 0 bridgehead atoms. The minimum absolute atomic E-state index is 0.00924. The standard InChI is InChI=1S/C5H7F3O3S/c1-3-4(2)11-12(9,10)5(6,7)8/h2-3H2,1H3. The van der Waals surface area contributed by atoms with Gasteiger partial charge in [0.15, 0.2) is 0 Å².